The van der Waals surface area contributed by atoms with Crippen LogP contribution in [0.25, 0.3) is 0 Å². The smallest absolute Gasteiger partial charge is 0.303 e. The molecule has 0 saturated heterocycles. The molecule has 0 aromatic rings. The normalized spacial score (nSPS) is 15.0. The van der Waals surface area contributed by atoms with Gasteiger partial charge in [-0.05, 0) is 39.2 Å². The molecule has 0 aliphatic carbocycles. The molecule has 0 radical (unpaired) electrons. The summed E-state index contributed by atoms with van der Waals surface area (Å²) in [6.45, 7) is 7.25. The molecular formula is C17H28O4. The maximum atomic E-state index is 11.2. The molecular weight excluding hydrogens is 268 g/mol. The van der Waals surface area contributed by atoms with Crippen LogP contribution in [0.5, 0.6) is 0 Å². The Hall–Kier alpha value is -1.39. The SMILES string of the molecule is CC(=O)OC(CC=C(C)CO)C(C)=CCCC(C)=CCO. The van der Waals surface area contributed by atoms with E-state index in [0.29, 0.717) is 6.42 Å². The van der Waals surface area contributed by atoms with Crippen LogP contribution < -0.4 is 0 Å². The highest BCUT2D eigenvalue weighted by Crippen LogP contribution is 2.15. The molecule has 1 unspecified atom stereocenters. The summed E-state index contributed by atoms with van der Waals surface area (Å²) >= 11 is 0. The number of hydrogen-bond donors (Lipinski definition) is 2. The topological polar surface area (TPSA) is 66.8 Å². The fourth-order valence-electron chi connectivity index (χ4n) is 1.82. The second-order valence-corrected chi connectivity index (χ2v) is 5.26. The van der Waals surface area contributed by atoms with Gasteiger partial charge in [0.05, 0.1) is 13.2 Å². The van der Waals surface area contributed by atoms with Gasteiger partial charge in [-0.25, -0.2) is 0 Å². The van der Waals surface area contributed by atoms with Gasteiger partial charge >= 0.3 is 5.97 Å². The number of aliphatic hydroxyl groups excluding tert-OH is 2. The van der Waals surface area contributed by atoms with E-state index in [9.17, 15) is 4.79 Å². The standard InChI is InChI=1S/C17H28O4/c1-13(10-11-18)6-5-7-15(3)17(21-16(4)20)9-8-14(2)12-19/h7-8,10,17-19H,5-6,9,11-12H2,1-4H3. The monoisotopic (exact) mass is 296 g/mol. The van der Waals surface area contributed by atoms with E-state index in [0.717, 1.165) is 29.6 Å². The summed E-state index contributed by atoms with van der Waals surface area (Å²) in [6.07, 6.45) is 7.74. The minimum absolute atomic E-state index is 0.0146. The summed E-state index contributed by atoms with van der Waals surface area (Å²) in [4.78, 5) is 11.2. The fourth-order valence-corrected chi connectivity index (χ4v) is 1.82. The van der Waals surface area contributed by atoms with Gasteiger partial charge in [0.1, 0.15) is 6.10 Å². The predicted octanol–water partition coefficient (Wildman–Crippen LogP) is 2.91. The zero-order chi connectivity index (χ0) is 16.3. The summed E-state index contributed by atoms with van der Waals surface area (Å²) in [7, 11) is 0. The summed E-state index contributed by atoms with van der Waals surface area (Å²) in [5.41, 5.74) is 3.01. The molecule has 4 nitrogen and oxygen atoms in total. The minimum Gasteiger partial charge on any atom is -0.458 e. The number of esters is 1. The minimum atomic E-state index is -0.306. The van der Waals surface area contributed by atoms with Crippen LogP contribution >= 0.6 is 0 Å². The number of carbonyl (C=O) groups excluding carboxylic acids is 1. The number of carbonyl (C=O) groups is 1. The maximum absolute atomic E-state index is 11.2. The van der Waals surface area contributed by atoms with Crippen LogP contribution in [0.4, 0.5) is 0 Å². The van der Waals surface area contributed by atoms with Gasteiger partial charge in [0.25, 0.3) is 0 Å². The largest absolute Gasteiger partial charge is 0.458 e. The van der Waals surface area contributed by atoms with Gasteiger partial charge in [-0.1, -0.05) is 29.4 Å². The highest BCUT2D eigenvalue weighted by molar-refractivity contribution is 5.66. The van der Waals surface area contributed by atoms with Crippen molar-refractivity contribution >= 4 is 5.97 Å². The van der Waals surface area contributed by atoms with Gasteiger partial charge in [-0.3, -0.25) is 4.79 Å². The van der Waals surface area contributed by atoms with Crippen molar-refractivity contribution in [3.05, 3.63) is 34.9 Å². The molecule has 0 saturated carbocycles. The van der Waals surface area contributed by atoms with Crippen molar-refractivity contribution in [1.82, 2.24) is 0 Å². The molecule has 0 bridgehead atoms. The van der Waals surface area contributed by atoms with Crippen LogP contribution in [0.2, 0.25) is 0 Å². The third-order valence-corrected chi connectivity index (χ3v) is 3.19. The van der Waals surface area contributed by atoms with Crippen molar-refractivity contribution in [3.63, 3.8) is 0 Å². The van der Waals surface area contributed by atoms with Crippen molar-refractivity contribution in [2.45, 2.75) is 53.1 Å². The fraction of sp³-hybridized carbons (Fsp3) is 0.588. The average molecular weight is 296 g/mol. The van der Waals surface area contributed by atoms with Crippen molar-refractivity contribution in [1.29, 1.82) is 0 Å². The number of hydrogen-bond acceptors (Lipinski definition) is 4. The lowest BCUT2D eigenvalue weighted by Crippen LogP contribution is -2.17. The van der Waals surface area contributed by atoms with E-state index in [-0.39, 0.29) is 25.3 Å². The highest BCUT2D eigenvalue weighted by atomic mass is 16.5. The third kappa shape index (κ3) is 10.0. The van der Waals surface area contributed by atoms with Crippen molar-refractivity contribution in [3.8, 4) is 0 Å². The summed E-state index contributed by atoms with van der Waals surface area (Å²) in [5.74, 6) is -0.306. The first-order valence-electron chi connectivity index (χ1n) is 7.27. The van der Waals surface area contributed by atoms with E-state index < -0.39 is 0 Å². The van der Waals surface area contributed by atoms with Crippen LogP contribution in [-0.2, 0) is 9.53 Å². The van der Waals surface area contributed by atoms with Crippen LogP contribution in [0, 0.1) is 0 Å². The Labute approximate surface area is 127 Å². The Morgan fingerprint density at radius 3 is 2.24 bits per heavy atom. The van der Waals surface area contributed by atoms with Crippen LogP contribution in [0.3, 0.4) is 0 Å². The molecule has 21 heavy (non-hydrogen) atoms. The van der Waals surface area contributed by atoms with Crippen molar-refractivity contribution in [2.24, 2.45) is 0 Å². The van der Waals surface area contributed by atoms with E-state index in [2.05, 4.69) is 6.08 Å². The highest BCUT2D eigenvalue weighted by Gasteiger charge is 2.12. The van der Waals surface area contributed by atoms with Crippen LogP contribution in [0.15, 0.2) is 34.9 Å². The molecule has 0 fully saturated rings. The third-order valence-electron chi connectivity index (χ3n) is 3.19. The Morgan fingerprint density at radius 2 is 1.71 bits per heavy atom. The van der Waals surface area contributed by atoms with Crippen LogP contribution in [0.1, 0.15) is 47.0 Å². The quantitative estimate of drug-likeness (QED) is 0.507. The van der Waals surface area contributed by atoms with E-state index in [4.69, 9.17) is 14.9 Å². The summed E-state index contributed by atoms with van der Waals surface area (Å²) in [5, 5.41) is 17.8. The van der Waals surface area contributed by atoms with E-state index in [1.807, 2.05) is 26.8 Å². The van der Waals surface area contributed by atoms with Gasteiger partial charge in [-0.2, -0.15) is 0 Å². The Kier molecular flexibility index (Phi) is 10.5. The molecule has 120 valence electrons. The van der Waals surface area contributed by atoms with Crippen molar-refractivity contribution < 1.29 is 19.7 Å². The van der Waals surface area contributed by atoms with Crippen LogP contribution in [-0.4, -0.2) is 35.5 Å². The molecule has 0 aliphatic rings. The molecule has 0 aliphatic heterocycles. The van der Waals surface area contributed by atoms with Gasteiger partial charge in [0.15, 0.2) is 0 Å². The molecule has 0 rings (SSSR count). The number of allylic oxidation sites excluding steroid dienone is 2. The number of rotatable bonds is 9. The molecule has 2 N–H and O–H groups in total. The summed E-state index contributed by atoms with van der Waals surface area (Å²) < 4.78 is 5.32. The average Bonchev–Trinajstić information content (AvgIpc) is 2.42. The lowest BCUT2D eigenvalue weighted by atomic mass is 10.0. The van der Waals surface area contributed by atoms with Crippen molar-refractivity contribution in [2.75, 3.05) is 13.2 Å². The molecule has 0 aromatic carbocycles. The van der Waals surface area contributed by atoms with E-state index in [1.165, 1.54) is 6.92 Å². The van der Waals surface area contributed by atoms with Gasteiger partial charge < -0.3 is 14.9 Å². The van der Waals surface area contributed by atoms with E-state index >= 15 is 0 Å². The Balaban J connectivity index is 4.66. The Bertz CT molecular complexity index is 405. The molecule has 0 amide bonds. The second kappa shape index (κ2) is 11.3. The molecule has 0 spiro atoms. The maximum Gasteiger partial charge on any atom is 0.303 e. The first-order chi connectivity index (χ1) is 9.90. The zero-order valence-corrected chi connectivity index (χ0v) is 13.6. The lowest BCUT2D eigenvalue weighted by Gasteiger charge is -2.17. The zero-order valence-electron chi connectivity index (χ0n) is 13.6. The van der Waals surface area contributed by atoms with Gasteiger partial charge in [0, 0.05) is 13.3 Å². The van der Waals surface area contributed by atoms with Gasteiger partial charge in [-0.15, -0.1) is 0 Å². The molecule has 4 heteroatoms. The molecule has 0 aromatic heterocycles. The van der Waals surface area contributed by atoms with E-state index in [1.54, 1.807) is 6.08 Å². The Morgan fingerprint density at radius 1 is 1.05 bits per heavy atom. The predicted molar refractivity (Wildman–Crippen MR) is 84.8 cm³/mol. The van der Waals surface area contributed by atoms with Gasteiger partial charge in [0.2, 0.25) is 0 Å². The number of ether oxygens (including phenoxy) is 1. The number of aliphatic hydroxyl groups is 2. The molecule has 0 heterocycles. The molecule has 1 atom stereocenters. The first kappa shape index (κ1) is 19.6. The lowest BCUT2D eigenvalue weighted by molar-refractivity contribution is -0.144. The first-order valence-corrected chi connectivity index (χ1v) is 7.27. The summed E-state index contributed by atoms with van der Waals surface area (Å²) in [6, 6.07) is 0. The second-order valence-electron chi connectivity index (χ2n) is 5.26.